The number of hydrogen-bond donors (Lipinski definition) is 2. The minimum atomic E-state index is 0.305. The zero-order chi connectivity index (χ0) is 9.84. The smallest absolute Gasteiger partial charge is 0.221 e. The molecule has 2 heterocycles. The van der Waals surface area contributed by atoms with Crippen LogP contribution in [0.25, 0.3) is 11.0 Å². The highest BCUT2D eigenvalue weighted by molar-refractivity contribution is 5.76. The van der Waals surface area contributed by atoms with E-state index in [1.165, 1.54) is 0 Å². The predicted octanol–water partition coefficient (Wildman–Crippen LogP) is 1.87. The molecule has 0 saturated heterocycles. The fourth-order valence-corrected chi connectivity index (χ4v) is 1.07. The summed E-state index contributed by atoms with van der Waals surface area (Å²) < 4.78 is 0. The monoisotopic (exact) mass is 178 g/mol. The van der Waals surface area contributed by atoms with Crippen LogP contribution >= 0.6 is 0 Å². The van der Waals surface area contributed by atoms with Crippen molar-refractivity contribution in [3.8, 4) is 0 Å². The van der Waals surface area contributed by atoms with Gasteiger partial charge in [0.25, 0.3) is 0 Å². The van der Waals surface area contributed by atoms with Gasteiger partial charge in [0.2, 0.25) is 5.95 Å². The zero-order valence-electron chi connectivity index (χ0n) is 8.13. The second kappa shape index (κ2) is 3.89. The predicted molar refractivity (Wildman–Crippen MR) is 54.4 cm³/mol. The summed E-state index contributed by atoms with van der Waals surface area (Å²) in [7, 11) is 0. The molecule has 0 aromatic carbocycles. The second-order valence-electron chi connectivity index (χ2n) is 2.48. The Bertz CT molecular complexity index is 391. The molecule has 2 aromatic heterocycles. The number of anilines is 1. The summed E-state index contributed by atoms with van der Waals surface area (Å²) in [6.07, 6.45) is 1.71. The Balaban J connectivity index is 0.000000396. The number of aromatic amines is 1. The standard InChI is InChI=1S/C7H8N4.C2H6/c1-4-2-5-3-9-7(8)11-6(5)10-4;1-2/h2-3H,1H3,(H3,8,9,10,11);1-2H3. The molecule has 0 aliphatic carbocycles. The van der Waals surface area contributed by atoms with Crippen molar-refractivity contribution < 1.29 is 0 Å². The van der Waals surface area contributed by atoms with E-state index in [0.717, 1.165) is 16.7 Å². The number of aryl methyl sites for hydroxylation is 1. The average molecular weight is 178 g/mol. The minimum absolute atomic E-state index is 0.305. The third-order valence-corrected chi connectivity index (χ3v) is 1.52. The first kappa shape index (κ1) is 9.51. The lowest BCUT2D eigenvalue weighted by Crippen LogP contribution is -1.92. The minimum Gasteiger partial charge on any atom is -0.368 e. The van der Waals surface area contributed by atoms with E-state index in [1.54, 1.807) is 6.20 Å². The van der Waals surface area contributed by atoms with Crippen molar-refractivity contribution in [2.24, 2.45) is 0 Å². The Labute approximate surface area is 77.2 Å². The van der Waals surface area contributed by atoms with Crippen molar-refractivity contribution in [3.63, 3.8) is 0 Å². The molecule has 2 aromatic rings. The molecule has 0 radical (unpaired) electrons. The maximum absolute atomic E-state index is 5.39. The van der Waals surface area contributed by atoms with Crippen molar-refractivity contribution in [3.05, 3.63) is 18.0 Å². The second-order valence-corrected chi connectivity index (χ2v) is 2.48. The van der Waals surface area contributed by atoms with Crippen LogP contribution in [-0.4, -0.2) is 15.0 Å². The van der Waals surface area contributed by atoms with Crippen molar-refractivity contribution >= 4 is 17.0 Å². The van der Waals surface area contributed by atoms with E-state index >= 15 is 0 Å². The molecule has 0 unspecified atom stereocenters. The van der Waals surface area contributed by atoms with E-state index in [9.17, 15) is 0 Å². The Morgan fingerprint density at radius 1 is 1.38 bits per heavy atom. The third-order valence-electron chi connectivity index (χ3n) is 1.52. The van der Waals surface area contributed by atoms with Gasteiger partial charge in [0.1, 0.15) is 5.65 Å². The summed E-state index contributed by atoms with van der Waals surface area (Å²) in [4.78, 5) is 10.9. The van der Waals surface area contributed by atoms with Crippen molar-refractivity contribution in [1.29, 1.82) is 0 Å². The van der Waals surface area contributed by atoms with E-state index in [0.29, 0.717) is 5.95 Å². The van der Waals surface area contributed by atoms with E-state index in [4.69, 9.17) is 5.73 Å². The first-order valence-corrected chi connectivity index (χ1v) is 4.33. The lowest BCUT2D eigenvalue weighted by atomic mass is 10.4. The Morgan fingerprint density at radius 2 is 2.08 bits per heavy atom. The number of aromatic nitrogens is 3. The number of nitrogen functional groups attached to an aromatic ring is 1. The number of rotatable bonds is 0. The summed E-state index contributed by atoms with van der Waals surface area (Å²) in [5.41, 5.74) is 7.26. The molecule has 3 N–H and O–H groups in total. The highest BCUT2D eigenvalue weighted by Crippen LogP contribution is 2.11. The average Bonchev–Trinajstić information content (AvgIpc) is 2.48. The highest BCUT2D eigenvalue weighted by Gasteiger charge is 1.98. The zero-order valence-corrected chi connectivity index (χ0v) is 8.13. The van der Waals surface area contributed by atoms with Crippen LogP contribution in [-0.2, 0) is 0 Å². The normalized spacial score (nSPS) is 9.46. The molecule has 0 amide bonds. The molecule has 0 spiro atoms. The lowest BCUT2D eigenvalue weighted by molar-refractivity contribution is 1.20. The topological polar surface area (TPSA) is 67.6 Å². The number of nitrogens with one attached hydrogen (secondary N) is 1. The van der Waals surface area contributed by atoms with Crippen LogP contribution in [0.3, 0.4) is 0 Å². The lowest BCUT2D eigenvalue weighted by Gasteiger charge is -1.89. The van der Waals surface area contributed by atoms with Crippen LogP contribution < -0.4 is 5.73 Å². The molecule has 13 heavy (non-hydrogen) atoms. The molecule has 4 heteroatoms. The van der Waals surface area contributed by atoms with Gasteiger partial charge in [-0.25, -0.2) is 4.98 Å². The van der Waals surface area contributed by atoms with Gasteiger partial charge in [-0.15, -0.1) is 0 Å². The quantitative estimate of drug-likeness (QED) is 0.647. The molecular formula is C9H14N4. The number of H-pyrrole nitrogens is 1. The molecule has 0 aliphatic rings. The van der Waals surface area contributed by atoms with E-state index in [2.05, 4.69) is 15.0 Å². The fraction of sp³-hybridized carbons (Fsp3) is 0.333. The van der Waals surface area contributed by atoms with Gasteiger partial charge in [0.15, 0.2) is 0 Å². The van der Waals surface area contributed by atoms with Crippen molar-refractivity contribution in [2.75, 3.05) is 5.73 Å². The number of hydrogen-bond acceptors (Lipinski definition) is 3. The van der Waals surface area contributed by atoms with Gasteiger partial charge in [0, 0.05) is 17.3 Å². The molecular weight excluding hydrogens is 164 g/mol. The first-order valence-electron chi connectivity index (χ1n) is 4.33. The molecule has 0 aliphatic heterocycles. The largest absolute Gasteiger partial charge is 0.368 e. The Kier molecular flexibility index (Phi) is 2.84. The summed E-state index contributed by atoms with van der Waals surface area (Å²) in [5, 5.41) is 0.997. The molecule has 0 atom stereocenters. The number of nitrogens with zero attached hydrogens (tertiary/aromatic N) is 2. The Morgan fingerprint density at radius 3 is 2.77 bits per heavy atom. The van der Waals surface area contributed by atoms with Gasteiger partial charge < -0.3 is 10.7 Å². The molecule has 70 valence electrons. The highest BCUT2D eigenvalue weighted by atomic mass is 15.0. The van der Waals surface area contributed by atoms with Crippen LogP contribution in [0.4, 0.5) is 5.95 Å². The number of fused-ring (bicyclic) bond motifs is 1. The van der Waals surface area contributed by atoms with Gasteiger partial charge >= 0.3 is 0 Å². The summed E-state index contributed by atoms with van der Waals surface area (Å²) in [6, 6.07) is 1.98. The van der Waals surface area contributed by atoms with Crippen LogP contribution in [0.15, 0.2) is 12.3 Å². The van der Waals surface area contributed by atoms with Crippen LogP contribution in [0.5, 0.6) is 0 Å². The Hall–Kier alpha value is -1.58. The van der Waals surface area contributed by atoms with E-state index in [-0.39, 0.29) is 0 Å². The first-order chi connectivity index (χ1) is 6.25. The van der Waals surface area contributed by atoms with Crippen molar-refractivity contribution in [2.45, 2.75) is 20.8 Å². The van der Waals surface area contributed by atoms with Crippen LogP contribution in [0, 0.1) is 6.92 Å². The van der Waals surface area contributed by atoms with Crippen molar-refractivity contribution in [1.82, 2.24) is 15.0 Å². The fourth-order valence-electron chi connectivity index (χ4n) is 1.07. The molecule has 0 fully saturated rings. The SMILES string of the molecule is CC.Cc1cc2cnc(N)nc2[nH]1. The molecule has 0 saturated carbocycles. The maximum atomic E-state index is 5.39. The third kappa shape index (κ3) is 1.96. The van der Waals surface area contributed by atoms with E-state index in [1.807, 2.05) is 26.8 Å². The molecule has 0 bridgehead atoms. The van der Waals surface area contributed by atoms with Gasteiger partial charge in [-0.2, -0.15) is 4.98 Å². The van der Waals surface area contributed by atoms with Gasteiger partial charge in [-0.05, 0) is 13.0 Å². The summed E-state index contributed by atoms with van der Waals surface area (Å²) in [6.45, 7) is 5.97. The summed E-state index contributed by atoms with van der Waals surface area (Å²) in [5.74, 6) is 0.305. The van der Waals surface area contributed by atoms with Gasteiger partial charge in [-0.1, -0.05) is 13.8 Å². The van der Waals surface area contributed by atoms with Gasteiger partial charge in [0.05, 0.1) is 0 Å². The van der Waals surface area contributed by atoms with E-state index < -0.39 is 0 Å². The summed E-state index contributed by atoms with van der Waals surface area (Å²) >= 11 is 0. The molecule has 4 nitrogen and oxygen atoms in total. The number of nitrogens with two attached hydrogens (primary N) is 1. The maximum Gasteiger partial charge on any atom is 0.221 e. The van der Waals surface area contributed by atoms with Gasteiger partial charge in [-0.3, -0.25) is 0 Å². The van der Waals surface area contributed by atoms with Crippen LogP contribution in [0.2, 0.25) is 0 Å². The van der Waals surface area contributed by atoms with Crippen LogP contribution in [0.1, 0.15) is 19.5 Å². The molecule has 2 rings (SSSR count).